The van der Waals surface area contributed by atoms with Gasteiger partial charge >= 0.3 is 0 Å². The molecule has 0 amide bonds. The Morgan fingerprint density at radius 3 is 2.47 bits per heavy atom. The zero-order valence-corrected chi connectivity index (χ0v) is 10.2. The summed E-state index contributed by atoms with van der Waals surface area (Å²) in [6.45, 7) is 4.45. The van der Waals surface area contributed by atoms with Crippen LogP contribution in [0.2, 0.25) is 0 Å². The maximum Gasteiger partial charge on any atom is 0.232 e. The van der Waals surface area contributed by atoms with Crippen molar-refractivity contribution in [2.75, 3.05) is 17.1 Å². The molecule has 0 fully saturated rings. The van der Waals surface area contributed by atoms with Crippen molar-refractivity contribution < 1.29 is 8.42 Å². The van der Waals surface area contributed by atoms with Crippen molar-refractivity contribution in [3.63, 3.8) is 0 Å². The van der Waals surface area contributed by atoms with Gasteiger partial charge in [-0.15, -0.1) is 0 Å². The number of sulfonamides is 1. The third-order valence-electron chi connectivity index (χ3n) is 2.12. The first kappa shape index (κ1) is 12.0. The van der Waals surface area contributed by atoms with Crippen molar-refractivity contribution in [1.82, 2.24) is 0 Å². The van der Waals surface area contributed by atoms with E-state index in [0.29, 0.717) is 6.54 Å². The first-order chi connectivity index (χ1) is 6.95. The van der Waals surface area contributed by atoms with Crippen LogP contribution < -0.4 is 4.31 Å². The van der Waals surface area contributed by atoms with Crippen molar-refractivity contribution in [3.05, 3.63) is 29.8 Å². The van der Waals surface area contributed by atoms with Crippen LogP contribution in [0.3, 0.4) is 0 Å². The molecule has 0 unspecified atom stereocenters. The van der Waals surface area contributed by atoms with E-state index in [2.05, 4.69) is 0 Å². The van der Waals surface area contributed by atoms with E-state index in [4.69, 9.17) is 0 Å². The minimum Gasteiger partial charge on any atom is -0.270 e. The van der Waals surface area contributed by atoms with Crippen LogP contribution in [0.25, 0.3) is 0 Å². The van der Waals surface area contributed by atoms with Crippen LogP contribution in [-0.4, -0.2) is 21.2 Å². The number of anilines is 1. The number of rotatable bonds is 4. The zero-order valence-electron chi connectivity index (χ0n) is 9.40. The molecule has 84 valence electrons. The Labute approximate surface area is 91.8 Å². The van der Waals surface area contributed by atoms with Gasteiger partial charge in [0.25, 0.3) is 0 Å². The summed E-state index contributed by atoms with van der Waals surface area (Å²) in [7, 11) is -3.16. The van der Waals surface area contributed by atoms with Crippen LogP contribution in [0.5, 0.6) is 0 Å². The molecule has 1 rings (SSSR count). The van der Waals surface area contributed by atoms with Gasteiger partial charge in [-0.25, -0.2) is 8.42 Å². The fraction of sp³-hybridized carbons (Fsp3) is 0.455. The molecule has 0 aromatic heterocycles. The van der Waals surface area contributed by atoms with Crippen LogP contribution in [0.4, 0.5) is 5.69 Å². The second-order valence-corrected chi connectivity index (χ2v) is 5.58. The predicted octanol–water partition coefficient (Wildman–Crippen LogP) is 2.17. The molecular weight excluding hydrogens is 210 g/mol. The van der Waals surface area contributed by atoms with E-state index in [-0.39, 0.29) is 0 Å². The normalized spacial score (nSPS) is 11.4. The second kappa shape index (κ2) is 4.66. The summed E-state index contributed by atoms with van der Waals surface area (Å²) in [4.78, 5) is 0. The molecule has 0 N–H and O–H groups in total. The smallest absolute Gasteiger partial charge is 0.232 e. The van der Waals surface area contributed by atoms with Gasteiger partial charge in [0.15, 0.2) is 0 Å². The third-order valence-corrected chi connectivity index (χ3v) is 3.31. The highest BCUT2D eigenvalue weighted by molar-refractivity contribution is 7.92. The van der Waals surface area contributed by atoms with Crippen LogP contribution in [0.1, 0.15) is 18.9 Å². The molecule has 0 aliphatic carbocycles. The summed E-state index contributed by atoms with van der Waals surface area (Å²) in [5.74, 6) is 0. The molecule has 15 heavy (non-hydrogen) atoms. The first-order valence-corrected chi connectivity index (χ1v) is 6.84. The van der Waals surface area contributed by atoms with Crippen LogP contribution in [0, 0.1) is 6.92 Å². The van der Waals surface area contributed by atoms with Gasteiger partial charge in [0.2, 0.25) is 10.0 Å². The van der Waals surface area contributed by atoms with Crippen molar-refractivity contribution in [2.24, 2.45) is 0 Å². The van der Waals surface area contributed by atoms with Gasteiger partial charge in [0.05, 0.1) is 11.9 Å². The molecule has 0 atom stereocenters. The van der Waals surface area contributed by atoms with Gasteiger partial charge in [-0.1, -0.05) is 19.1 Å². The molecule has 0 bridgehead atoms. The monoisotopic (exact) mass is 227 g/mol. The molecule has 0 radical (unpaired) electrons. The summed E-state index contributed by atoms with van der Waals surface area (Å²) in [5, 5.41) is 0. The molecule has 4 heteroatoms. The lowest BCUT2D eigenvalue weighted by Gasteiger charge is -2.21. The van der Waals surface area contributed by atoms with Gasteiger partial charge in [0.1, 0.15) is 0 Å². The fourth-order valence-electron chi connectivity index (χ4n) is 1.47. The summed E-state index contributed by atoms with van der Waals surface area (Å²) >= 11 is 0. The highest BCUT2D eigenvalue weighted by atomic mass is 32.2. The molecular formula is C11H17NO2S. The quantitative estimate of drug-likeness (QED) is 0.790. The molecule has 3 nitrogen and oxygen atoms in total. The molecule has 1 aromatic carbocycles. The van der Waals surface area contributed by atoms with Crippen molar-refractivity contribution in [3.8, 4) is 0 Å². The minimum atomic E-state index is -3.16. The van der Waals surface area contributed by atoms with Crippen molar-refractivity contribution >= 4 is 15.7 Å². The summed E-state index contributed by atoms with van der Waals surface area (Å²) in [5.41, 5.74) is 1.82. The predicted molar refractivity (Wildman–Crippen MR) is 63.7 cm³/mol. The molecule has 0 heterocycles. The number of hydrogen-bond acceptors (Lipinski definition) is 2. The highest BCUT2D eigenvalue weighted by Gasteiger charge is 2.15. The number of benzene rings is 1. The molecule has 0 aliphatic rings. The number of nitrogens with zero attached hydrogens (tertiary/aromatic N) is 1. The topological polar surface area (TPSA) is 37.4 Å². The van der Waals surface area contributed by atoms with E-state index in [9.17, 15) is 8.42 Å². The Hall–Kier alpha value is -1.03. The van der Waals surface area contributed by atoms with Gasteiger partial charge in [-0.2, -0.15) is 0 Å². The Bertz CT molecular complexity index is 426. The van der Waals surface area contributed by atoms with Gasteiger partial charge < -0.3 is 0 Å². The average molecular weight is 227 g/mol. The van der Waals surface area contributed by atoms with Crippen molar-refractivity contribution in [1.29, 1.82) is 0 Å². The van der Waals surface area contributed by atoms with Gasteiger partial charge in [0, 0.05) is 6.54 Å². The lowest BCUT2D eigenvalue weighted by Crippen LogP contribution is -2.30. The summed E-state index contributed by atoms with van der Waals surface area (Å²) in [6.07, 6.45) is 2.05. The summed E-state index contributed by atoms with van der Waals surface area (Å²) in [6, 6.07) is 7.54. The number of aryl methyl sites for hydroxylation is 1. The Morgan fingerprint density at radius 1 is 1.33 bits per heavy atom. The standard InChI is InChI=1S/C11H17NO2S/c1-4-8-12(15(3,13)14)11-7-5-6-10(2)9-11/h5-7,9H,4,8H2,1-3H3. The van der Waals surface area contributed by atoms with Crippen LogP contribution in [0.15, 0.2) is 24.3 Å². The minimum absolute atomic E-state index is 0.530. The lowest BCUT2D eigenvalue weighted by atomic mass is 10.2. The number of hydrogen-bond donors (Lipinski definition) is 0. The zero-order chi connectivity index (χ0) is 11.5. The summed E-state index contributed by atoms with van der Waals surface area (Å²) < 4.78 is 24.6. The maximum atomic E-state index is 11.6. The SMILES string of the molecule is CCCN(c1cccc(C)c1)S(C)(=O)=O. The molecule has 0 aliphatic heterocycles. The third kappa shape index (κ3) is 3.23. The van der Waals surface area contributed by atoms with E-state index in [1.807, 2.05) is 38.1 Å². The van der Waals surface area contributed by atoms with Crippen LogP contribution >= 0.6 is 0 Å². The lowest BCUT2D eigenvalue weighted by molar-refractivity contribution is 0.596. The molecule has 0 spiro atoms. The Morgan fingerprint density at radius 2 is 2.00 bits per heavy atom. The molecule has 0 saturated heterocycles. The van der Waals surface area contributed by atoms with E-state index in [0.717, 1.165) is 17.7 Å². The largest absolute Gasteiger partial charge is 0.270 e. The Balaban J connectivity index is 3.10. The second-order valence-electron chi connectivity index (χ2n) is 3.67. The fourth-order valence-corrected chi connectivity index (χ4v) is 2.48. The van der Waals surface area contributed by atoms with E-state index >= 15 is 0 Å². The van der Waals surface area contributed by atoms with Crippen LogP contribution in [-0.2, 0) is 10.0 Å². The van der Waals surface area contributed by atoms with E-state index in [1.54, 1.807) is 0 Å². The van der Waals surface area contributed by atoms with E-state index < -0.39 is 10.0 Å². The maximum absolute atomic E-state index is 11.6. The highest BCUT2D eigenvalue weighted by Crippen LogP contribution is 2.18. The molecule has 1 aromatic rings. The van der Waals surface area contributed by atoms with Gasteiger partial charge in [-0.3, -0.25) is 4.31 Å². The molecule has 0 saturated carbocycles. The first-order valence-electron chi connectivity index (χ1n) is 4.99. The van der Waals surface area contributed by atoms with Crippen molar-refractivity contribution in [2.45, 2.75) is 20.3 Å². The average Bonchev–Trinajstić information content (AvgIpc) is 2.12. The Kier molecular flexibility index (Phi) is 3.74. The van der Waals surface area contributed by atoms with Gasteiger partial charge in [-0.05, 0) is 31.0 Å². The van der Waals surface area contributed by atoms with E-state index in [1.165, 1.54) is 10.6 Å².